The number of imide groups is 1. The van der Waals surface area contributed by atoms with Crippen LogP contribution in [0.3, 0.4) is 0 Å². The summed E-state index contributed by atoms with van der Waals surface area (Å²) in [5.41, 5.74) is 0. The summed E-state index contributed by atoms with van der Waals surface area (Å²) < 4.78 is 0. The number of amides is 2. The minimum atomic E-state index is -1.16. The highest BCUT2D eigenvalue weighted by atomic mass is 33.1. The molecule has 8 heteroatoms. The van der Waals surface area contributed by atoms with E-state index >= 15 is 0 Å². The topological polar surface area (TPSA) is 87.6 Å². The number of carbonyl (C=O) groups excluding carboxylic acids is 2. The number of aliphatic carboxylic acids is 1. The van der Waals surface area contributed by atoms with Crippen molar-refractivity contribution in [2.75, 3.05) is 5.75 Å². The van der Waals surface area contributed by atoms with Gasteiger partial charge in [-0.05, 0) is 12.1 Å². The van der Waals surface area contributed by atoms with Gasteiger partial charge in [-0.1, -0.05) is 21.6 Å². The lowest BCUT2D eigenvalue weighted by Gasteiger charge is -2.21. The summed E-state index contributed by atoms with van der Waals surface area (Å²) in [6.07, 6.45) is 3.52. The molecule has 1 fully saturated rings. The second-order valence-corrected chi connectivity index (χ2v) is 6.48. The summed E-state index contributed by atoms with van der Waals surface area (Å²) in [6.45, 7) is 0. The Bertz CT molecular complexity index is 507. The molecule has 1 aromatic rings. The number of carboxylic acid groups (broad SMARTS) is 1. The van der Waals surface area contributed by atoms with Crippen molar-refractivity contribution >= 4 is 39.4 Å². The lowest BCUT2D eigenvalue weighted by molar-refractivity contribution is -0.153. The number of rotatable bonds is 6. The fourth-order valence-corrected chi connectivity index (χ4v) is 3.92. The molecule has 0 aliphatic carbocycles. The third kappa shape index (κ3) is 3.51. The van der Waals surface area contributed by atoms with Crippen LogP contribution in [-0.2, 0) is 14.4 Å². The van der Waals surface area contributed by atoms with Gasteiger partial charge in [-0.15, -0.1) is 0 Å². The monoisotopic (exact) mass is 312 g/mol. The van der Waals surface area contributed by atoms with Crippen LogP contribution in [0, 0.1) is 0 Å². The Balaban J connectivity index is 1.95. The van der Waals surface area contributed by atoms with Gasteiger partial charge < -0.3 is 5.11 Å². The molecule has 2 amide bonds. The molecule has 1 aromatic heterocycles. The quantitative estimate of drug-likeness (QED) is 0.628. The highest BCUT2D eigenvalue weighted by Crippen LogP contribution is 2.32. The number of hydrogen-bond acceptors (Lipinski definition) is 6. The van der Waals surface area contributed by atoms with E-state index in [-0.39, 0.29) is 18.6 Å². The average molecular weight is 312 g/mol. The van der Waals surface area contributed by atoms with Crippen LogP contribution in [0.4, 0.5) is 0 Å². The van der Waals surface area contributed by atoms with Crippen LogP contribution in [-0.4, -0.2) is 44.6 Å². The largest absolute Gasteiger partial charge is 0.480 e. The lowest BCUT2D eigenvalue weighted by atomic mass is 10.3. The van der Waals surface area contributed by atoms with E-state index in [9.17, 15) is 19.5 Å². The number of hydrogen-bond donors (Lipinski definition) is 1. The van der Waals surface area contributed by atoms with Crippen LogP contribution in [0.25, 0.3) is 0 Å². The van der Waals surface area contributed by atoms with Crippen molar-refractivity contribution in [3.8, 4) is 0 Å². The van der Waals surface area contributed by atoms with Gasteiger partial charge in [-0.3, -0.25) is 19.5 Å². The predicted octanol–water partition coefficient (Wildman–Crippen LogP) is 1.42. The van der Waals surface area contributed by atoms with Crippen molar-refractivity contribution in [3.05, 3.63) is 24.5 Å². The van der Waals surface area contributed by atoms with Gasteiger partial charge >= 0.3 is 5.97 Å². The maximum Gasteiger partial charge on any atom is 0.327 e. The summed E-state index contributed by atoms with van der Waals surface area (Å²) in [5, 5.41) is 9.19. The smallest absolute Gasteiger partial charge is 0.327 e. The number of carbonyl (C=O) groups is 3. The highest BCUT2D eigenvalue weighted by Gasteiger charge is 2.38. The van der Waals surface area contributed by atoms with Crippen molar-refractivity contribution in [2.45, 2.75) is 23.8 Å². The third-order valence-corrected chi connectivity index (χ3v) is 5.05. The molecule has 1 atom stereocenters. The molecule has 0 radical (unpaired) electrons. The zero-order valence-electron chi connectivity index (χ0n) is 10.4. The molecule has 1 unspecified atom stereocenters. The molecule has 0 saturated carbocycles. The molecular weight excluding hydrogens is 300 g/mol. The Hall–Kier alpha value is -1.54. The van der Waals surface area contributed by atoms with Crippen molar-refractivity contribution in [2.24, 2.45) is 0 Å². The summed E-state index contributed by atoms with van der Waals surface area (Å²) in [5.74, 6) is -1.83. The Morgan fingerprint density at radius 2 is 2.10 bits per heavy atom. The number of likely N-dealkylation sites (tertiary alicyclic amines) is 1. The molecule has 1 aliphatic heterocycles. The molecule has 2 rings (SSSR count). The Morgan fingerprint density at radius 1 is 1.40 bits per heavy atom. The first-order chi connectivity index (χ1) is 9.59. The van der Waals surface area contributed by atoms with Crippen LogP contribution in [0.1, 0.15) is 12.8 Å². The van der Waals surface area contributed by atoms with E-state index in [1.165, 1.54) is 21.6 Å². The first-order valence-corrected chi connectivity index (χ1v) is 8.18. The predicted molar refractivity (Wildman–Crippen MR) is 75.1 cm³/mol. The summed E-state index contributed by atoms with van der Waals surface area (Å²) in [7, 11) is 2.65. The molecule has 1 saturated heterocycles. The molecule has 1 aliphatic rings. The average Bonchev–Trinajstić information content (AvgIpc) is 2.76. The first-order valence-electron chi connectivity index (χ1n) is 5.87. The van der Waals surface area contributed by atoms with E-state index in [1.807, 2.05) is 6.07 Å². The van der Waals surface area contributed by atoms with E-state index in [2.05, 4.69) is 4.98 Å². The van der Waals surface area contributed by atoms with Gasteiger partial charge in [0.15, 0.2) is 0 Å². The van der Waals surface area contributed by atoms with Gasteiger partial charge in [0.05, 0.1) is 0 Å². The molecule has 0 spiro atoms. The van der Waals surface area contributed by atoms with Gasteiger partial charge in [-0.2, -0.15) is 0 Å². The molecule has 20 heavy (non-hydrogen) atoms. The van der Waals surface area contributed by atoms with Crippen molar-refractivity contribution in [3.63, 3.8) is 0 Å². The molecule has 6 nitrogen and oxygen atoms in total. The maximum absolute atomic E-state index is 11.6. The van der Waals surface area contributed by atoms with E-state index in [4.69, 9.17) is 0 Å². The maximum atomic E-state index is 11.6. The Morgan fingerprint density at radius 3 is 2.65 bits per heavy atom. The van der Waals surface area contributed by atoms with Gasteiger partial charge in [0, 0.05) is 35.9 Å². The van der Waals surface area contributed by atoms with Crippen LogP contribution in [0.5, 0.6) is 0 Å². The molecule has 0 bridgehead atoms. The van der Waals surface area contributed by atoms with Crippen LogP contribution in [0.15, 0.2) is 29.4 Å². The summed E-state index contributed by atoms with van der Waals surface area (Å²) in [6, 6.07) is 2.53. The van der Waals surface area contributed by atoms with Crippen LogP contribution in [0.2, 0.25) is 0 Å². The summed E-state index contributed by atoms with van der Waals surface area (Å²) in [4.78, 5) is 40.1. The van der Waals surface area contributed by atoms with Gasteiger partial charge in [0.1, 0.15) is 6.04 Å². The second-order valence-electron chi connectivity index (χ2n) is 4.07. The van der Waals surface area contributed by atoms with E-state index in [0.29, 0.717) is 0 Å². The van der Waals surface area contributed by atoms with Gasteiger partial charge in [0.2, 0.25) is 11.8 Å². The minimum absolute atomic E-state index is 0.100. The van der Waals surface area contributed by atoms with E-state index < -0.39 is 23.8 Å². The molecule has 106 valence electrons. The fraction of sp³-hybridized carbons (Fsp3) is 0.333. The van der Waals surface area contributed by atoms with Gasteiger partial charge in [-0.25, -0.2) is 4.79 Å². The zero-order chi connectivity index (χ0) is 14.5. The number of aromatic nitrogens is 1. The molecular formula is C12H12N2O4S2. The van der Waals surface area contributed by atoms with E-state index in [1.54, 1.807) is 18.5 Å². The second kappa shape index (κ2) is 6.76. The van der Waals surface area contributed by atoms with Crippen molar-refractivity contribution in [1.82, 2.24) is 9.88 Å². The first kappa shape index (κ1) is 14.9. The normalized spacial score (nSPS) is 16.5. The number of carboxylic acids is 1. The SMILES string of the molecule is O=C(O)C(CSSc1cccnc1)N1C(=O)CCC1=O. The molecule has 1 N–H and O–H groups in total. The highest BCUT2D eigenvalue weighted by molar-refractivity contribution is 8.76. The summed E-state index contributed by atoms with van der Waals surface area (Å²) >= 11 is 0. The third-order valence-electron chi connectivity index (χ3n) is 2.70. The minimum Gasteiger partial charge on any atom is -0.480 e. The number of nitrogens with zero attached hydrogens (tertiary/aromatic N) is 2. The number of pyridine rings is 1. The van der Waals surface area contributed by atoms with Crippen LogP contribution >= 0.6 is 21.6 Å². The zero-order valence-corrected chi connectivity index (χ0v) is 12.0. The van der Waals surface area contributed by atoms with Gasteiger partial charge in [0.25, 0.3) is 0 Å². The molecule has 2 heterocycles. The fourth-order valence-electron chi connectivity index (χ4n) is 1.76. The van der Waals surface area contributed by atoms with Crippen molar-refractivity contribution < 1.29 is 19.5 Å². The Labute approximate surface area is 123 Å². The lowest BCUT2D eigenvalue weighted by Crippen LogP contribution is -2.45. The van der Waals surface area contributed by atoms with E-state index in [0.717, 1.165) is 9.80 Å². The van der Waals surface area contributed by atoms with Crippen LogP contribution < -0.4 is 0 Å². The Kier molecular flexibility index (Phi) is 5.02. The van der Waals surface area contributed by atoms with Crippen molar-refractivity contribution in [1.29, 1.82) is 0 Å². The molecule has 0 aromatic carbocycles. The standard InChI is InChI=1S/C12H12N2O4S2/c15-10-3-4-11(16)14(10)9(12(17)18)7-19-20-8-2-1-5-13-6-8/h1-2,5-6,9H,3-4,7H2,(H,17,18).